The highest BCUT2D eigenvalue weighted by molar-refractivity contribution is 4.93. The largest absolute Gasteiger partial charge is 0.326 e. The summed E-state index contributed by atoms with van der Waals surface area (Å²) in [5.41, 5.74) is 6.68. The van der Waals surface area contributed by atoms with Gasteiger partial charge in [-0.15, -0.1) is 0 Å². The summed E-state index contributed by atoms with van der Waals surface area (Å²) in [5.74, 6) is 0.970. The predicted molar refractivity (Wildman–Crippen MR) is 85.3 cm³/mol. The molecule has 1 fully saturated rings. The highest BCUT2D eigenvalue weighted by Gasteiger charge is 2.36. The minimum atomic E-state index is 0.256. The van der Waals surface area contributed by atoms with Gasteiger partial charge in [-0.05, 0) is 50.5 Å². The minimum absolute atomic E-state index is 0.256. The molecular formula is C17H36N2. The summed E-state index contributed by atoms with van der Waals surface area (Å²) in [6, 6.07) is 1.51. The van der Waals surface area contributed by atoms with Crippen LogP contribution < -0.4 is 5.73 Å². The molecule has 1 rings (SSSR count). The molecule has 2 heteroatoms. The molecule has 2 N–H and O–H groups in total. The van der Waals surface area contributed by atoms with Gasteiger partial charge in [-0.3, -0.25) is 4.90 Å². The van der Waals surface area contributed by atoms with E-state index in [1.54, 1.807) is 0 Å². The summed E-state index contributed by atoms with van der Waals surface area (Å²) in [6.45, 7) is 11.6. The Bertz CT molecular complexity index is 248. The van der Waals surface area contributed by atoms with Crippen LogP contribution in [0, 0.1) is 11.3 Å². The standard InChI is InChI=1S/C17H36N2/c1-7-13-9-11-14(12-10-13)19(6)16(15(18)8-2)17(3,4)5/h13-16H,7-12,18H2,1-6H3. The number of hydrogen-bond acceptors (Lipinski definition) is 2. The topological polar surface area (TPSA) is 29.3 Å². The van der Waals surface area contributed by atoms with Gasteiger partial charge in [0.25, 0.3) is 0 Å². The van der Waals surface area contributed by atoms with E-state index in [-0.39, 0.29) is 11.5 Å². The first-order valence-electron chi connectivity index (χ1n) is 8.28. The molecule has 114 valence electrons. The maximum atomic E-state index is 6.42. The smallest absolute Gasteiger partial charge is 0.0295 e. The van der Waals surface area contributed by atoms with Crippen LogP contribution in [0.4, 0.5) is 0 Å². The average Bonchev–Trinajstić information content (AvgIpc) is 2.37. The molecule has 2 atom stereocenters. The average molecular weight is 268 g/mol. The van der Waals surface area contributed by atoms with Crippen LogP contribution in [0.2, 0.25) is 0 Å². The zero-order chi connectivity index (χ0) is 14.6. The molecule has 0 aromatic rings. The molecule has 2 unspecified atom stereocenters. The lowest BCUT2D eigenvalue weighted by Gasteiger charge is -2.47. The third kappa shape index (κ3) is 4.46. The Hall–Kier alpha value is -0.0800. The quantitative estimate of drug-likeness (QED) is 0.815. The van der Waals surface area contributed by atoms with Gasteiger partial charge < -0.3 is 5.73 Å². The van der Waals surface area contributed by atoms with Gasteiger partial charge in [0.2, 0.25) is 0 Å². The molecule has 1 saturated carbocycles. The van der Waals surface area contributed by atoms with Crippen LogP contribution in [-0.2, 0) is 0 Å². The number of rotatable bonds is 5. The van der Waals surface area contributed by atoms with Crippen LogP contribution in [0.5, 0.6) is 0 Å². The number of nitrogens with zero attached hydrogens (tertiary/aromatic N) is 1. The first kappa shape index (κ1) is 17.0. The van der Waals surface area contributed by atoms with Crippen molar-refractivity contribution in [3.63, 3.8) is 0 Å². The van der Waals surface area contributed by atoms with Gasteiger partial charge in [-0.25, -0.2) is 0 Å². The van der Waals surface area contributed by atoms with Crippen LogP contribution in [0.3, 0.4) is 0 Å². The molecular weight excluding hydrogens is 232 g/mol. The Kier molecular flexibility index (Phi) is 6.32. The lowest BCUT2D eigenvalue weighted by molar-refractivity contribution is 0.0410. The van der Waals surface area contributed by atoms with Crippen molar-refractivity contribution in [2.45, 2.75) is 91.3 Å². The SMILES string of the molecule is CCC1CCC(N(C)C(C(N)CC)C(C)(C)C)CC1. The molecule has 0 aliphatic heterocycles. The second-order valence-electron chi connectivity index (χ2n) is 7.63. The van der Waals surface area contributed by atoms with Crippen molar-refractivity contribution < 1.29 is 0 Å². The molecule has 0 spiro atoms. The van der Waals surface area contributed by atoms with Gasteiger partial charge >= 0.3 is 0 Å². The second-order valence-corrected chi connectivity index (χ2v) is 7.63. The minimum Gasteiger partial charge on any atom is -0.326 e. The van der Waals surface area contributed by atoms with Gasteiger partial charge in [0.15, 0.2) is 0 Å². The summed E-state index contributed by atoms with van der Waals surface area (Å²) in [6.07, 6.45) is 7.95. The maximum absolute atomic E-state index is 6.42. The molecule has 0 aromatic carbocycles. The Morgan fingerprint density at radius 2 is 1.63 bits per heavy atom. The third-order valence-electron chi connectivity index (χ3n) is 5.17. The molecule has 0 bridgehead atoms. The van der Waals surface area contributed by atoms with E-state index in [4.69, 9.17) is 5.73 Å². The Balaban J connectivity index is 2.70. The predicted octanol–water partition coefficient (Wildman–Crippen LogP) is 4.04. The summed E-state index contributed by atoms with van der Waals surface area (Å²) in [5, 5.41) is 0. The molecule has 1 aliphatic carbocycles. The van der Waals surface area contributed by atoms with E-state index in [0.29, 0.717) is 6.04 Å². The van der Waals surface area contributed by atoms with E-state index < -0.39 is 0 Å². The first-order chi connectivity index (χ1) is 8.81. The highest BCUT2D eigenvalue weighted by Crippen LogP contribution is 2.34. The van der Waals surface area contributed by atoms with Crippen molar-refractivity contribution in [3.8, 4) is 0 Å². The van der Waals surface area contributed by atoms with Crippen LogP contribution in [0.25, 0.3) is 0 Å². The van der Waals surface area contributed by atoms with E-state index in [1.807, 2.05) is 0 Å². The zero-order valence-electron chi connectivity index (χ0n) is 14.1. The van der Waals surface area contributed by atoms with E-state index in [2.05, 4.69) is 46.6 Å². The fourth-order valence-corrected chi connectivity index (χ4v) is 3.97. The summed E-state index contributed by atoms with van der Waals surface area (Å²) in [7, 11) is 2.31. The third-order valence-corrected chi connectivity index (χ3v) is 5.17. The molecule has 0 amide bonds. The summed E-state index contributed by atoms with van der Waals surface area (Å²) < 4.78 is 0. The van der Waals surface area contributed by atoms with E-state index >= 15 is 0 Å². The van der Waals surface area contributed by atoms with Crippen LogP contribution in [0.1, 0.15) is 73.1 Å². The molecule has 0 radical (unpaired) electrons. The first-order valence-corrected chi connectivity index (χ1v) is 8.28. The Morgan fingerprint density at radius 3 is 2.00 bits per heavy atom. The van der Waals surface area contributed by atoms with Crippen molar-refractivity contribution in [2.75, 3.05) is 7.05 Å². The lowest BCUT2D eigenvalue weighted by Crippen LogP contribution is -2.56. The monoisotopic (exact) mass is 268 g/mol. The molecule has 19 heavy (non-hydrogen) atoms. The molecule has 0 saturated heterocycles. The van der Waals surface area contributed by atoms with Crippen molar-refractivity contribution in [2.24, 2.45) is 17.1 Å². The van der Waals surface area contributed by atoms with Gasteiger partial charge in [-0.2, -0.15) is 0 Å². The van der Waals surface area contributed by atoms with Gasteiger partial charge in [-0.1, -0.05) is 41.0 Å². The molecule has 1 aliphatic rings. The van der Waals surface area contributed by atoms with Crippen LogP contribution >= 0.6 is 0 Å². The number of nitrogens with two attached hydrogens (primary N) is 1. The van der Waals surface area contributed by atoms with Crippen molar-refractivity contribution in [3.05, 3.63) is 0 Å². The fourth-order valence-electron chi connectivity index (χ4n) is 3.97. The highest BCUT2D eigenvalue weighted by atomic mass is 15.2. The van der Waals surface area contributed by atoms with Gasteiger partial charge in [0, 0.05) is 18.1 Å². The summed E-state index contributed by atoms with van der Waals surface area (Å²) >= 11 is 0. The second kappa shape index (κ2) is 7.08. The van der Waals surface area contributed by atoms with E-state index in [9.17, 15) is 0 Å². The normalized spacial score (nSPS) is 28.4. The van der Waals surface area contributed by atoms with E-state index in [0.717, 1.165) is 18.4 Å². The van der Waals surface area contributed by atoms with Crippen LogP contribution in [-0.4, -0.2) is 30.1 Å². The van der Waals surface area contributed by atoms with E-state index in [1.165, 1.54) is 32.1 Å². The van der Waals surface area contributed by atoms with Crippen molar-refractivity contribution in [1.29, 1.82) is 0 Å². The molecule has 0 heterocycles. The number of hydrogen-bond donors (Lipinski definition) is 1. The Labute approximate surface area is 121 Å². The molecule has 2 nitrogen and oxygen atoms in total. The van der Waals surface area contributed by atoms with Gasteiger partial charge in [0.1, 0.15) is 0 Å². The summed E-state index contributed by atoms with van der Waals surface area (Å²) in [4.78, 5) is 2.61. The van der Waals surface area contributed by atoms with Crippen molar-refractivity contribution >= 4 is 0 Å². The maximum Gasteiger partial charge on any atom is 0.0295 e. The fraction of sp³-hybridized carbons (Fsp3) is 1.00. The zero-order valence-corrected chi connectivity index (χ0v) is 14.1. The van der Waals surface area contributed by atoms with Crippen molar-refractivity contribution in [1.82, 2.24) is 4.90 Å². The van der Waals surface area contributed by atoms with Gasteiger partial charge in [0.05, 0.1) is 0 Å². The molecule has 0 aromatic heterocycles. The van der Waals surface area contributed by atoms with Crippen LogP contribution in [0.15, 0.2) is 0 Å². The lowest BCUT2D eigenvalue weighted by atomic mass is 9.77. The number of likely N-dealkylation sites (N-methyl/N-ethyl adjacent to an activating group) is 1. The Morgan fingerprint density at radius 1 is 1.11 bits per heavy atom.